The molecular weight excluding hydrogens is 233 g/mol. The molecule has 1 aromatic carbocycles. The van der Waals surface area contributed by atoms with Gasteiger partial charge in [0, 0.05) is 5.39 Å². The minimum absolute atomic E-state index is 0.247. The lowest BCUT2D eigenvalue weighted by atomic mass is 10.1. The van der Waals surface area contributed by atoms with E-state index in [0.717, 1.165) is 5.56 Å². The van der Waals surface area contributed by atoms with Gasteiger partial charge < -0.3 is 4.42 Å². The van der Waals surface area contributed by atoms with E-state index in [1.807, 2.05) is 6.92 Å². The molecule has 90 valence electrons. The molecular formula is C12H9F3O2. The Bertz CT molecular complexity index is 567. The van der Waals surface area contributed by atoms with Crippen LogP contribution < -0.4 is 0 Å². The quantitative estimate of drug-likeness (QED) is 0.748. The highest BCUT2D eigenvalue weighted by Gasteiger charge is 2.32. The third kappa shape index (κ3) is 2.67. The number of hydrogen-bond acceptors (Lipinski definition) is 2. The summed E-state index contributed by atoms with van der Waals surface area (Å²) >= 11 is 0. The number of halogens is 3. The second kappa shape index (κ2) is 3.91. The maximum atomic E-state index is 12.0. The third-order valence-corrected chi connectivity index (χ3v) is 2.31. The van der Waals surface area contributed by atoms with Crippen molar-refractivity contribution >= 4 is 16.8 Å². The Morgan fingerprint density at radius 1 is 1.29 bits per heavy atom. The van der Waals surface area contributed by atoms with Gasteiger partial charge in [0.2, 0.25) is 5.78 Å². The molecule has 0 N–H and O–H groups in total. The van der Waals surface area contributed by atoms with E-state index in [1.54, 1.807) is 18.2 Å². The summed E-state index contributed by atoms with van der Waals surface area (Å²) in [7, 11) is 0. The molecule has 2 rings (SSSR count). The van der Waals surface area contributed by atoms with Crippen LogP contribution in [0.4, 0.5) is 13.2 Å². The molecule has 0 atom stereocenters. The van der Waals surface area contributed by atoms with Gasteiger partial charge in [-0.15, -0.1) is 0 Å². The van der Waals surface area contributed by atoms with Crippen LogP contribution in [-0.4, -0.2) is 12.0 Å². The van der Waals surface area contributed by atoms with Crippen molar-refractivity contribution in [2.75, 3.05) is 0 Å². The summed E-state index contributed by atoms with van der Waals surface area (Å²) in [5.41, 5.74) is 1.37. The molecule has 0 aliphatic heterocycles. The van der Waals surface area contributed by atoms with E-state index in [-0.39, 0.29) is 5.76 Å². The Labute approximate surface area is 95.0 Å². The number of benzene rings is 1. The average Bonchev–Trinajstić information content (AvgIpc) is 2.57. The summed E-state index contributed by atoms with van der Waals surface area (Å²) < 4.78 is 41.2. The van der Waals surface area contributed by atoms with E-state index >= 15 is 0 Å². The van der Waals surface area contributed by atoms with Crippen LogP contribution >= 0.6 is 0 Å². The van der Waals surface area contributed by atoms with Gasteiger partial charge in [-0.1, -0.05) is 11.6 Å². The second-order valence-corrected chi connectivity index (χ2v) is 3.87. The molecule has 2 nitrogen and oxygen atoms in total. The predicted octanol–water partition coefficient (Wildman–Crippen LogP) is 3.88. The Kier molecular flexibility index (Phi) is 2.69. The molecule has 1 heterocycles. The van der Waals surface area contributed by atoms with Crippen molar-refractivity contribution in [3.8, 4) is 0 Å². The number of carbonyl (C=O) groups is 1. The number of rotatable bonds is 2. The molecule has 0 saturated carbocycles. The number of hydrogen-bond donors (Lipinski definition) is 0. The monoisotopic (exact) mass is 242 g/mol. The van der Waals surface area contributed by atoms with Crippen LogP contribution in [0.1, 0.15) is 22.5 Å². The van der Waals surface area contributed by atoms with Gasteiger partial charge in [0.15, 0.2) is 5.76 Å². The number of Topliss-reactive ketones (excluding diaryl/α,β-unsaturated/α-hetero) is 1. The van der Waals surface area contributed by atoms with E-state index in [9.17, 15) is 18.0 Å². The molecule has 0 aliphatic rings. The summed E-state index contributed by atoms with van der Waals surface area (Å²) in [5.74, 6) is -1.30. The average molecular weight is 242 g/mol. The topological polar surface area (TPSA) is 30.2 Å². The molecule has 0 unspecified atom stereocenters. The molecule has 0 amide bonds. The molecule has 0 saturated heterocycles. The molecule has 5 heteroatoms. The molecule has 0 spiro atoms. The first-order chi connectivity index (χ1) is 7.85. The molecule has 2 aromatic rings. The van der Waals surface area contributed by atoms with E-state index in [0.29, 0.717) is 11.0 Å². The number of fused-ring (bicyclic) bond motifs is 1. The summed E-state index contributed by atoms with van der Waals surface area (Å²) in [6.07, 6.45) is -6.00. The molecule has 1 aromatic heterocycles. The van der Waals surface area contributed by atoms with Crippen LogP contribution in [0.3, 0.4) is 0 Å². The van der Waals surface area contributed by atoms with Gasteiger partial charge >= 0.3 is 6.18 Å². The fourth-order valence-electron chi connectivity index (χ4n) is 1.57. The highest BCUT2D eigenvalue weighted by atomic mass is 19.4. The zero-order chi connectivity index (χ0) is 12.6. The minimum atomic E-state index is -4.51. The highest BCUT2D eigenvalue weighted by Crippen LogP contribution is 2.26. The third-order valence-electron chi connectivity index (χ3n) is 2.31. The lowest BCUT2D eigenvalue weighted by molar-refractivity contribution is -0.125. The lowest BCUT2D eigenvalue weighted by Gasteiger charge is -2.02. The van der Waals surface area contributed by atoms with Crippen molar-refractivity contribution in [2.24, 2.45) is 0 Å². The lowest BCUT2D eigenvalue weighted by Crippen LogP contribution is -2.14. The van der Waals surface area contributed by atoms with Crippen LogP contribution in [-0.2, 0) is 0 Å². The molecule has 0 bridgehead atoms. The number of alkyl halides is 3. The first-order valence-corrected chi connectivity index (χ1v) is 4.95. The summed E-state index contributed by atoms with van der Waals surface area (Å²) in [4.78, 5) is 11.3. The van der Waals surface area contributed by atoms with Gasteiger partial charge in [-0.25, -0.2) is 0 Å². The van der Waals surface area contributed by atoms with E-state index in [2.05, 4.69) is 0 Å². The Hall–Kier alpha value is -1.78. The Morgan fingerprint density at radius 3 is 2.65 bits per heavy atom. The number of aryl methyl sites for hydroxylation is 1. The molecule has 0 aliphatic carbocycles. The zero-order valence-corrected chi connectivity index (χ0v) is 8.97. The van der Waals surface area contributed by atoms with Gasteiger partial charge in [0.05, 0.1) is 0 Å². The SMILES string of the molecule is Cc1ccc2oc(C(=O)CC(F)(F)F)cc2c1. The van der Waals surface area contributed by atoms with Crippen LogP contribution in [0.15, 0.2) is 28.7 Å². The van der Waals surface area contributed by atoms with Gasteiger partial charge in [-0.05, 0) is 25.1 Å². The standard InChI is InChI=1S/C12H9F3O2/c1-7-2-3-10-8(4-7)5-11(17-10)9(16)6-12(13,14)15/h2-5H,6H2,1H3. The maximum absolute atomic E-state index is 12.0. The van der Waals surface area contributed by atoms with Crippen LogP contribution in [0.25, 0.3) is 11.0 Å². The van der Waals surface area contributed by atoms with Crippen molar-refractivity contribution in [3.63, 3.8) is 0 Å². The van der Waals surface area contributed by atoms with Crippen molar-refractivity contribution in [3.05, 3.63) is 35.6 Å². The number of furan rings is 1. The minimum Gasteiger partial charge on any atom is -0.453 e. The molecule has 17 heavy (non-hydrogen) atoms. The summed E-state index contributed by atoms with van der Waals surface area (Å²) in [5, 5.41) is 0.635. The van der Waals surface area contributed by atoms with E-state index in [1.165, 1.54) is 6.07 Å². The van der Waals surface area contributed by atoms with E-state index in [4.69, 9.17) is 4.42 Å². The summed E-state index contributed by atoms with van der Waals surface area (Å²) in [6.45, 7) is 1.85. The highest BCUT2D eigenvalue weighted by molar-refractivity contribution is 5.97. The van der Waals surface area contributed by atoms with Crippen LogP contribution in [0.5, 0.6) is 0 Å². The Balaban J connectivity index is 2.33. The predicted molar refractivity (Wildman–Crippen MR) is 56.0 cm³/mol. The van der Waals surface area contributed by atoms with Gasteiger partial charge in [-0.3, -0.25) is 4.79 Å². The van der Waals surface area contributed by atoms with Crippen LogP contribution in [0.2, 0.25) is 0 Å². The fraction of sp³-hybridized carbons (Fsp3) is 0.250. The number of ketones is 1. The number of carbonyl (C=O) groups excluding carboxylic acids is 1. The maximum Gasteiger partial charge on any atom is 0.396 e. The molecule has 0 fully saturated rings. The normalized spacial score (nSPS) is 12.0. The Morgan fingerprint density at radius 2 is 2.00 bits per heavy atom. The van der Waals surface area contributed by atoms with Gasteiger partial charge in [0.25, 0.3) is 0 Å². The summed E-state index contributed by atoms with van der Waals surface area (Å²) in [6, 6.07) is 6.50. The zero-order valence-electron chi connectivity index (χ0n) is 8.97. The largest absolute Gasteiger partial charge is 0.453 e. The van der Waals surface area contributed by atoms with Crippen molar-refractivity contribution in [2.45, 2.75) is 19.5 Å². The first-order valence-electron chi connectivity index (χ1n) is 4.95. The van der Waals surface area contributed by atoms with Crippen molar-refractivity contribution in [1.29, 1.82) is 0 Å². The smallest absolute Gasteiger partial charge is 0.396 e. The van der Waals surface area contributed by atoms with Crippen molar-refractivity contribution < 1.29 is 22.4 Å². The van der Waals surface area contributed by atoms with Crippen molar-refractivity contribution in [1.82, 2.24) is 0 Å². The van der Waals surface area contributed by atoms with Gasteiger partial charge in [-0.2, -0.15) is 13.2 Å². The first kappa shape index (κ1) is 11.7. The fourth-order valence-corrected chi connectivity index (χ4v) is 1.57. The van der Waals surface area contributed by atoms with Gasteiger partial charge in [0.1, 0.15) is 12.0 Å². The second-order valence-electron chi connectivity index (χ2n) is 3.87. The molecule has 0 radical (unpaired) electrons. The van der Waals surface area contributed by atoms with Crippen LogP contribution in [0, 0.1) is 6.92 Å². The van der Waals surface area contributed by atoms with E-state index < -0.39 is 18.4 Å².